The average Bonchev–Trinajstić information content (AvgIpc) is 2.34. The van der Waals surface area contributed by atoms with Gasteiger partial charge < -0.3 is 9.84 Å². The van der Waals surface area contributed by atoms with Gasteiger partial charge in [-0.1, -0.05) is 37.5 Å². The predicted octanol–water partition coefficient (Wildman–Crippen LogP) is 3.80. The molecular weight excluding hydrogens is 228 g/mol. The molecular formula is C15H22O3. The second kappa shape index (κ2) is 8.56. The zero-order valence-electron chi connectivity index (χ0n) is 11.0. The highest BCUT2D eigenvalue weighted by Crippen LogP contribution is 2.16. The van der Waals surface area contributed by atoms with Crippen LogP contribution in [-0.4, -0.2) is 17.7 Å². The number of benzene rings is 1. The summed E-state index contributed by atoms with van der Waals surface area (Å²) >= 11 is 0. The van der Waals surface area contributed by atoms with Crippen molar-refractivity contribution in [2.24, 2.45) is 0 Å². The Bertz CT molecular complexity index is 361. The standard InChI is InChI=1S/C15H22O3/c1-13-9-6-7-10-14(13)18-12-8-4-2-3-5-11-15(16)17/h6-7,9-10H,2-5,8,11-12H2,1H3,(H,16,17). The molecule has 0 aliphatic heterocycles. The molecule has 0 spiro atoms. The van der Waals surface area contributed by atoms with E-state index in [9.17, 15) is 4.79 Å². The molecule has 0 unspecified atom stereocenters. The topological polar surface area (TPSA) is 46.5 Å². The minimum Gasteiger partial charge on any atom is -0.493 e. The molecule has 0 saturated heterocycles. The fraction of sp³-hybridized carbons (Fsp3) is 0.533. The maximum absolute atomic E-state index is 10.3. The van der Waals surface area contributed by atoms with Gasteiger partial charge in [0, 0.05) is 6.42 Å². The number of ether oxygens (including phenoxy) is 1. The van der Waals surface area contributed by atoms with Crippen molar-refractivity contribution < 1.29 is 14.6 Å². The molecule has 0 atom stereocenters. The van der Waals surface area contributed by atoms with E-state index in [4.69, 9.17) is 9.84 Å². The van der Waals surface area contributed by atoms with E-state index in [1.807, 2.05) is 31.2 Å². The van der Waals surface area contributed by atoms with Crippen LogP contribution in [0.1, 0.15) is 44.1 Å². The zero-order chi connectivity index (χ0) is 13.2. The summed E-state index contributed by atoms with van der Waals surface area (Å²) in [5.41, 5.74) is 1.17. The van der Waals surface area contributed by atoms with Crippen molar-refractivity contribution in [1.29, 1.82) is 0 Å². The number of aliphatic carboxylic acids is 1. The van der Waals surface area contributed by atoms with Gasteiger partial charge in [0.05, 0.1) is 6.61 Å². The van der Waals surface area contributed by atoms with Crippen LogP contribution in [0.2, 0.25) is 0 Å². The van der Waals surface area contributed by atoms with E-state index in [1.54, 1.807) is 0 Å². The lowest BCUT2D eigenvalue weighted by atomic mass is 10.1. The van der Waals surface area contributed by atoms with E-state index in [1.165, 1.54) is 5.56 Å². The molecule has 0 heterocycles. The summed E-state index contributed by atoms with van der Waals surface area (Å²) in [6.45, 7) is 2.78. The Labute approximate surface area is 109 Å². The molecule has 0 bridgehead atoms. The van der Waals surface area contributed by atoms with Gasteiger partial charge in [0.1, 0.15) is 5.75 Å². The van der Waals surface area contributed by atoms with Crippen molar-refractivity contribution in [2.45, 2.75) is 45.4 Å². The van der Waals surface area contributed by atoms with Crippen molar-refractivity contribution in [3.63, 3.8) is 0 Å². The quantitative estimate of drug-likeness (QED) is 0.678. The number of hydrogen-bond donors (Lipinski definition) is 1. The molecule has 0 fully saturated rings. The monoisotopic (exact) mass is 250 g/mol. The van der Waals surface area contributed by atoms with Gasteiger partial charge >= 0.3 is 5.97 Å². The Morgan fingerprint density at radius 1 is 1.11 bits per heavy atom. The molecule has 100 valence electrons. The predicted molar refractivity (Wildman–Crippen MR) is 72.0 cm³/mol. The van der Waals surface area contributed by atoms with Gasteiger partial charge in [-0.3, -0.25) is 4.79 Å². The lowest BCUT2D eigenvalue weighted by Gasteiger charge is -2.08. The Kier molecular flexibility index (Phi) is 6.92. The minimum atomic E-state index is -0.696. The summed E-state index contributed by atoms with van der Waals surface area (Å²) in [6, 6.07) is 8.02. The summed E-state index contributed by atoms with van der Waals surface area (Å²) < 4.78 is 5.69. The molecule has 3 heteroatoms. The third-order valence-electron chi connectivity index (χ3n) is 2.89. The van der Waals surface area contributed by atoms with Gasteiger partial charge in [-0.2, -0.15) is 0 Å². The van der Waals surface area contributed by atoms with Crippen LogP contribution >= 0.6 is 0 Å². The van der Waals surface area contributed by atoms with Crippen LogP contribution in [0.3, 0.4) is 0 Å². The molecule has 18 heavy (non-hydrogen) atoms. The first-order valence-electron chi connectivity index (χ1n) is 6.60. The summed E-state index contributed by atoms with van der Waals surface area (Å²) in [5.74, 6) is 0.265. The number of carbonyl (C=O) groups is 1. The molecule has 1 N–H and O–H groups in total. The highest BCUT2D eigenvalue weighted by Gasteiger charge is 1.98. The Hall–Kier alpha value is -1.51. The number of carboxylic acids is 1. The number of aryl methyl sites for hydroxylation is 1. The maximum atomic E-state index is 10.3. The average molecular weight is 250 g/mol. The third-order valence-corrected chi connectivity index (χ3v) is 2.89. The van der Waals surface area contributed by atoms with Crippen LogP contribution < -0.4 is 4.74 Å². The molecule has 0 aliphatic rings. The van der Waals surface area contributed by atoms with Crippen molar-refractivity contribution in [1.82, 2.24) is 0 Å². The van der Waals surface area contributed by atoms with E-state index in [0.717, 1.165) is 44.5 Å². The number of carboxylic acid groups (broad SMARTS) is 1. The number of hydrogen-bond acceptors (Lipinski definition) is 2. The molecule has 0 amide bonds. The summed E-state index contributed by atoms with van der Waals surface area (Å²) in [6.07, 6.45) is 5.29. The molecule has 1 aromatic carbocycles. The Balaban J connectivity index is 1.99. The first-order chi connectivity index (χ1) is 8.70. The van der Waals surface area contributed by atoms with Gasteiger partial charge in [0.15, 0.2) is 0 Å². The molecule has 0 radical (unpaired) electrons. The van der Waals surface area contributed by atoms with Crippen molar-refractivity contribution in [3.05, 3.63) is 29.8 Å². The van der Waals surface area contributed by atoms with Crippen LogP contribution in [0, 0.1) is 6.92 Å². The highest BCUT2D eigenvalue weighted by molar-refractivity contribution is 5.66. The first kappa shape index (κ1) is 14.6. The number of rotatable bonds is 9. The second-order valence-corrected chi connectivity index (χ2v) is 4.53. The van der Waals surface area contributed by atoms with Crippen molar-refractivity contribution >= 4 is 5.97 Å². The fourth-order valence-electron chi connectivity index (χ4n) is 1.81. The summed E-state index contributed by atoms with van der Waals surface area (Å²) in [4.78, 5) is 10.3. The zero-order valence-corrected chi connectivity index (χ0v) is 11.0. The summed E-state index contributed by atoms with van der Waals surface area (Å²) in [5, 5.41) is 8.49. The molecule has 1 aromatic rings. The van der Waals surface area contributed by atoms with Gasteiger partial charge in [-0.15, -0.1) is 0 Å². The summed E-state index contributed by atoms with van der Waals surface area (Å²) in [7, 11) is 0. The first-order valence-corrected chi connectivity index (χ1v) is 6.60. The van der Waals surface area contributed by atoms with Crippen LogP contribution in [0.15, 0.2) is 24.3 Å². The van der Waals surface area contributed by atoms with Crippen molar-refractivity contribution in [3.8, 4) is 5.75 Å². The van der Waals surface area contributed by atoms with Crippen molar-refractivity contribution in [2.75, 3.05) is 6.61 Å². The van der Waals surface area contributed by atoms with Crippen LogP contribution in [0.4, 0.5) is 0 Å². The Morgan fingerprint density at radius 3 is 2.50 bits per heavy atom. The third kappa shape index (κ3) is 6.28. The number of unbranched alkanes of at least 4 members (excludes halogenated alkanes) is 4. The largest absolute Gasteiger partial charge is 0.493 e. The SMILES string of the molecule is Cc1ccccc1OCCCCCCCC(=O)O. The fourth-order valence-corrected chi connectivity index (χ4v) is 1.81. The molecule has 0 saturated carbocycles. The lowest BCUT2D eigenvalue weighted by Crippen LogP contribution is -1.99. The normalized spacial score (nSPS) is 10.3. The van der Waals surface area contributed by atoms with Crippen LogP contribution in [0.25, 0.3) is 0 Å². The van der Waals surface area contributed by atoms with Gasteiger partial charge in [0.25, 0.3) is 0 Å². The van der Waals surface area contributed by atoms with Gasteiger partial charge in [-0.25, -0.2) is 0 Å². The van der Waals surface area contributed by atoms with Crippen LogP contribution in [0.5, 0.6) is 5.75 Å². The van der Waals surface area contributed by atoms with E-state index in [-0.39, 0.29) is 0 Å². The number of para-hydroxylation sites is 1. The molecule has 1 rings (SSSR count). The van der Waals surface area contributed by atoms with E-state index in [2.05, 4.69) is 0 Å². The molecule has 0 aliphatic carbocycles. The smallest absolute Gasteiger partial charge is 0.303 e. The van der Waals surface area contributed by atoms with Gasteiger partial charge in [-0.05, 0) is 31.4 Å². The Morgan fingerprint density at radius 2 is 1.78 bits per heavy atom. The second-order valence-electron chi connectivity index (χ2n) is 4.53. The highest BCUT2D eigenvalue weighted by atomic mass is 16.5. The van der Waals surface area contributed by atoms with Gasteiger partial charge in [0.2, 0.25) is 0 Å². The maximum Gasteiger partial charge on any atom is 0.303 e. The minimum absolute atomic E-state index is 0.291. The van der Waals surface area contributed by atoms with E-state index < -0.39 is 5.97 Å². The van der Waals surface area contributed by atoms with E-state index in [0.29, 0.717) is 6.42 Å². The van der Waals surface area contributed by atoms with E-state index >= 15 is 0 Å². The molecule has 3 nitrogen and oxygen atoms in total. The lowest BCUT2D eigenvalue weighted by molar-refractivity contribution is -0.137. The molecule has 0 aromatic heterocycles. The van der Waals surface area contributed by atoms with Crippen LogP contribution in [-0.2, 0) is 4.79 Å².